The number of benzene rings is 2. The molecule has 0 bridgehead atoms. The van der Waals surface area contributed by atoms with Crippen LogP contribution in [0.4, 0.5) is 5.69 Å². The number of aliphatic hydroxyl groups is 2. The molecule has 1 aromatic heterocycles. The van der Waals surface area contributed by atoms with Crippen LogP contribution in [0.2, 0.25) is 0 Å². The highest BCUT2D eigenvalue weighted by atomic mass is 32.1. The van der Waals surface area contributed by atoms with E-state index in [1.807, 2.05) is 42.5 Å². The van der Waals surface area contributed by atoms with Crippen molar-refractivity contribution in [1.29, 1.82) is 0 Å². The van der Waals surface area contributed by atoms with E-state index in [0.29, 0.717) is 28.2 Å². The van der Waals surface area contributed by atoms with Crippen molar-refractivity contribution >= 4 is 67.7 Å². The van der Waals surface area contributed by atoms with E-state index in [9.17, 15) is 15.0 Å². The molecule has 0 aliphatic carbocycles. The summed E-state index contributed by atoms with van der Waals surface area (Å²) >= 11 is 12.8. The van der Waals surface area contributed by atoms with Gasteiger partial charge in [-0.2, -0.15) is 0 Å². The van der Waals surface area contributed by atoms with E-state index in [1.165, 1.54) is 11.3 Å². The van der Waals surface area contributed by atoms with Crippen LogP contribution in [0.15, 0.2) is 48.5 Å². The Balaban J connectivity index is 2.30. The van der Waals surface area contributed by atoms with Gasteiger partial charge in [-0.25, -0.2) is 4.98 Å². The summed E-state index contributed by atoms with van der Waals surface area (Å²) < 4.78 is 0.786. The van der Waals surface area contributed by atoms with Gasteiger partial charge in [0.05, 0.1) is 16.1 Å². The highest BCUT2D eigenvalue weighted by Crippen LogP contribution is 2.60. The SMILES string of the molecule is CC(C)(C)CC(C)(C)C(C(O)=S)C(C(O)=S)(c1nc2ccc(C(=O)Nc3ccccc3)cc2s1)C(C)(C)CC(C)(C)C. The molecule has 0 fully saturated rings. The van der Waals surface area contributed by atoms with Crippen LogP contribution in [0.25, 0.3) is 10.2 Å². The fraction of sp³-hybridized carbons (Fsp3) is 0.529. The number of nitrogens with zero attached hydrogens (tertiary/aromatic N) is 1. The Labute approximate surface area is 266 Å². The van der Waals surface area contributed by atoms with Crippen LogP contribution in [0.3, 0.4) is 0 Å². The van der Waals surface area contributed by atoms with Gasteiger partial charge in [-0.15, -0.1) is 11.3 Å². The summed E-state index contributed by atoms with van der Waals surface area (Å²) in [6.45, 7) is 21.3. The third kappa shape index (κ3) is 7.20. The second-order valence-electron chi connectivity index (χ2n) is 15.3. The fourth-order valence-corrected chi connectivity index (χ4v) is 9.77. The number of rotatable bonds is 10. The number of carbonyl (C=O) groups is 1. The van der Waals surface area contributed by atoms with Crippen molar-refractivity contribution in [2.75, 3.05) is 5.32 Å². The number of amides is 1. The molecule has 3 aromatic rings. The Hall–Kier alpha value is -2.42. The highest BCUT2D eigenvalue weighted by molar-refractivity contribution is 7.80. The van der Waals surface area contributed by atoms with Gasteiger partial charge in [-0.1, -0.05) is 87.4 Å². The van der Waals surface area contributed by atoms with Crippen molar-refractivity contribution in [2.24, 2.45) is 27.6 Å². The predicted molar refractivity (Wildman–Crippen MR) is 185 cm³/mol. The monoisotopic (exact) mass is 626 g/mol. The van der Waals surface area contributed by atoms with Crippen LogP contribution in [-0.2, 0) is 5.41 Å². The molecule has 2 aromatic carbocycles. The minimum Gasteiger partial charge on any atom is -0.502 e. The lowest BCUT2D eigenvalue weighted by Crippen LogP contribution is -2.60. The van der Waals surface area contributed by atoms with Gasteiger partial charge in [-0.05, 0) is 89.3 Å². The average molecular weight is 627 g/mol. The molecular weight excluding hydrogens is 581 g/mol. The van der Waals surface area contributed by atoms with Crippen LogP contribution in [0.5, 0.6) is 0 Å². The molecule has 2 atom stereocenters. The molecule has 3 rings (SSSR count). The average Bonchev–Trinajstić information content (AvgIpc) is 3.22. The second kappa shape index (κ2) is 11.9. The number of carbonyl (C=O) groups excluding carboxylic acids is 1. The molecule has 0 saturated heterocycles. The molecule has 8 heteroatoms. The molecule has 0 radical (unpaired) electrons. The van der Waals surface area contributed by atoms with E-state index < -0.39 is 22.2 Å². The summed E-state index contributed by atoms with van der Waals surface area (Å²) in [4.78, 5) is 18.2. The lowest BCUT2D eigenvalue weighted by atomic mass is 9.49. The zero-order valence-electron chi connectivity index (χ0n) is 26.6. The number of aromatic nitrogens is 1. The van der Waals surface area contributed by atoms with Gasteiger partial charge >= 0.3 is 0 Å². The summed E-state index contributed by atoms with van der Waals surface area (Å²) in [5, 5.41) is 26.2. The molecular formula is C34H46N2O3S3. The largest absolute Gasteiger partial charge is 0.502 e. The van der Waals surface area contributed by atoms with Gasteiger partial charge < -0.3 is 15.5 Å². The van der Waals surface area contributed by atoms with Gasteiger partial charge in [0.2, 0.25) is 0 Å². The Morgan fingerprint density at radius 2 is 1.45 bits per heavy atom. The summed E-state index contributed by atoms with van der Waals surface area (Å²) in [6, 6.07) is 14.7. The smallest absolute Gasteiger partial charge is 0.255 e. The molecule has 42 heavy (non-hydrogen) atoms. The molecule has 0 aliphatic heterocycles. The topological polar surface area (TPSA) is 82.5 Å². The van der Waals surface area contributed by atoms with Crippen molar-refractivity contribution in [3.8, 4) is 0 Å². The molecule has 5 nitrogen and oxygen atoms in total. The summed E-state index contributed by atoms with van der Waals surface area (Å²) in [5.41, 5.74) is -0.847. The Morgan fingerprint density at radius 1 is 0.881 bits per heavy atom. The molecule has 228 valence electrons. The maximum Gasteiger partial charge on any atom is 0.255 e. The number of hydrogen-bond acceptors (Lipinski definition) is 5. The number of thiazole rings is 1. The third-order valence-corrected chi connectivity index (χ3v) is 9.56. The van der Waals surface area contributed by atoms with Crippen LogP contribution in [0, 0.1) is 27.6 Å². The predicted octanol–water partition coefficient (Wildman–Crippen LogP) is 10.1. The van der Waals surface area contributed by atoms with Crippen molar-refractivity contribution < 1.29 is 15.0 Å². The first-order chi connectivity index (χ1) is 19.1. The molecule has 2 unspecified atom stereocenters. The van der Waals surface area contributed by atoms with E-state index in [1.54, 1.807) is 6.07 Å². The zero-order valence-corrected chi connectivity index (χ0v) is 29.0. The summed E-state index contributed by atoms with van der Waals surface area (Å²) in [7, 11) is 0. The van der Waals surface area contributed by atoms with E-state index in [0.717, 1.165) is 11.1 Å². The van der Waals surface area contributed by atoms with E-state index in [-0.39, 0.29) is 26.8 Å². The first-order valence-electron chi connectivity index (χ1n) is 14.3. The zero-order chi connectivity index (χ0) is 31.9. The lowest BCUT2D eigenvalue weighted by molar-refractivity contribution is 0.0354. The molecule has 0 spiro atoms. The number of thiocarbonyl (C=S) groups is 2. The van der Waals surface area contributed by atoms with Crippen LogP contribution in [-0.4, -0.2) is 31.2 Å². The molecule has 1 amide bonds. The van der Waals surface area contributed by atoms with Crippen molar-refractivity contribution in [2.45, 2.75) is 87.5 Å². The van der Waals surface area contributed by atoms with Crippen molar-refractivity contribution in [3.05, 3.63) is 59.1 Å². The van der Waals surface area contributed by atoms with Gasteiger partial charge in [0.1, 0.15) is 10.4 Å². The third-order valence-electron chi connectivity index (χ3n) is 7.84. The second-order valence-corrected chi connectivity index (χ2v) is 17.1. The Bertz CT molecular complexity index is 1460. The Kier molecular flexibility index (Phi) is 9.68. The molecule has 3 N–H and O–H groups in total. The summed E-state index contributed by atoms with van der Waals surface area (Å²) in [5.74, 6) is -0.939. The number of nitrogens with one attached hydrogen (secondary N) is 1. The first-order valence-corrected chi connectivity index (χ1v) is 16.0. The van der Waals surface area contributed by atoms with Gasteiger partial charge in [0.15, 0.2) is 10.1 Å². The quantitative estimate of drug-likeness (QED) is 0.194. The molecule has 1 heterocycles. The van der Waals surface area contributed by atoms with Gasteiger partial charge in [0, 0.05) is 11.3 Å². The number of para-hydroxylation sites is 1. The standard InChI is InChI=1S/C34H46N2O3S3/c1-30(2,3)19-32(7,8)25(27(38)40)34(29(39)41,33(9,10)20-31(4,5)6)28-36-23-17-16-21(18-24(23)42-28)26(37)35-22-14-12-11-13-15-22/h11-18,25H,19-20H2,1-10H3,(H,35,37)(H,38,40)(H,39,41). The van der Waals surface area contributed by atoms with Crippen molar-refractivity contribution in [3.63, 3.8) is 0 Å². The van der Waals surface area contributed by atoms with Crippen LogP contribution >= 0.6 is 35.8 Å². The Morgan fingerprint density at radius 3 is 1.95 bits per heavy atom. The number of hydrogen-bond donors (Lipinski definition) is 3. The number of anilines is 1. The maximum atomic E-state index is 13.1. The lowest BCUT2D eigenvalue weighted by Gasteiger charge is -2.55. The highest BCUT2D eigenvalue weighted by Gasteiger charge is 2.63. The minimum absolute atomic E-state index is 0.0852. The maximum absolute atomic E-state index is 13.1. The minimum atomic E-state index is -1.29. The molecule has 0 aliphatic rings. The van der Waals surface area contributed by atoms with Gasteiger partial charge in [-0.3, -0.25) is 4.79 Å². The van der Waals surface area contributed by atoms with Gasteiger partial charge in [0.25, 0.3) is 5.91 Å². The first kappa shape index (κ1) is 34.1. The number of fused-ring (bicyclic) bond motifs is 1. The number of aliphatic hydroxyl groups excluding tert-OH is 2. The van der Waals surface area contributed by atoms with E-state index >= 15 is 0 Å². The fourth-order valence-electron chi connectivity index (χ4n) is 7.31. The van der Waals surface area contributed by atoms with Crippen LogP contribution in [0.1, 0.15) is 97.4 Å². The van der Waals surface area contributed by atoms with E-state index in [4.69, 9.17) is 29.4 Å². The van der Waals surface area contributed by atoms with E-state index in [2.05, 4.69) is 74.6 Å². The van der Waals surface area contributed by atoms with Crippen LogP contribution < -0.4 is 5.32 Å². The summed E-state index contributed by atoms with van der Waals surface area (Å²) in [6.07, 6.45) is 1.39. The normalized spacial score (nSPS) is 15.2. The molecule has 0 saturated carbocycles. The van der Waals surface area contributed by atoms with Crippen molar-refractivity contribution in [1.82, 2.24) is 4.98 Å².